The molecule has 5 heavy (non-hydrogen) atoms. The first-order chi connectivity index (χ1) is 2.27. The molecule has 0 fully saturated rings. The third-order valence-electron chi connectivity index (χ3n) is 0.197. The van der Waals surface area contributed by atoms with Crippen LogP contribution >= 0.6 is 22.1 Å². The lowest BCUT2D eigenvalue weighted by Crippen LogP contribution is -1.83. The van der Waals surface area contributed by atoms with Gasteiger partial charge in [-0.3, -0.25) is 0 Å². The maximum atomic E-state index is 4.53. The molecule has 0 radical (unpaired) electrons. The first-order valence-corrected chi connectivity index (χ1v) is 2.29. The average Bonchev–Trinajstić information content (AvgIpc) is 1.38. The number of hydrogen-bond acceptors (Lipinski definition) is 2. The van der Waals surface area contributed by atoms with Crippen LogP contribution in [0.4, 0.5) is 0 Å². The van der Waals surface area contributed by atoms with Crippen molar-refractivity contribution in [3.8, 4) is 0 Å². The monoisotopic (exact) mass is 110 g/mol. The molecule has 0 aromatic carbocycles. The lowest BCUT2D eigenvalue weighted by Gasteiger charge is -1.93. The van der Waals surface area contributed by atoms with E-state index in [1.165, 1.54) is 0 Å². The molecule has 0 amide bonds. The van der Waals surface area contributed by atoms with Gasteiger partial charge in [0.1, 0.15) is 5.44 Å². The highest BCUT2D eigenvalue weighted by Crippen LogP contribution is 1.97. The maximum absolute atomic E-state index is 4.53. The minimum atomic E-state index is 0.0417. The van der Waals surface area contributed by atoms with Gasteiger partial charge < -0.3 is 4.52 Å². The van der Waals surface area contributed by atoms with Crippen LogP contribution in [0.3, 0.4) is 0 Å². The molecule has 0 rings (SSSR count). The Morgan fingerprint density at radius 1 is 2.00 bits per heavy atom. The Labute approximate surface area is 39.8 Å². The van der Waals surface area contributed by atoms with Crippen molar-refractivity contribution < 1.29 is 4.52 Å². The van der Waals surface area contributed by atoms with E-state index in [0.717, 1.165) is 0 Å². The van der Waals surface area contributed by atoms with Crippen molar-refractivity contribution in [3.05, 3.63) is 0 Å². The molecule has 0 aliphatic heterocycles. The summed E-state index contributed by atoms with van der Waals surface area (Å²) in [6.45, 7) is 1.84. The van der Waals surface area contributed by atoms with Crippen LogP contribution < -0.4 is 0 Å². The van der Waals surface area contributed by atoms with Crippen molar-refractivity contribution in [2.45, 2.75) is 12.4 Å². The Hall–Kier alpha value is 0.740. The van der Waals surface area contributed by atoms with Crippen molar-refractivity contribution in [3.63, 3.8) is 0 Å². The number of rotatable bonds is 1. The van der Waals surface area contributed by atoms with E-state index >= 15 is 0 Å². The minimum absolute atomic E-state index is 0.0417. The second-order valence-corrected chi connectivity index (χ2v) is 1.73. The molecule has 2 atom stereocenters. The van der Waals surface area contributed by atoms with Gasteiger partial charge in [-0.25, -0.2) is 0 Å². The average molecular weight is 110 g/mol. The van der Waals surface area contributed by atoms with E-state index in [9.17, 15) is 0 Å². The van der Waals surface area contributed by atoms with Gasteiger partial charge in [0, 0.05) is 9.47 Å². The van der Waals surface area contributed by atoms with Crippen LogP contribution in [-0.4, -0.2) is 5.44 Å². The highest BCUT2D eigenvalue weighted by molar-refractivity contribution is 7.80. The quantitative estimate of drug-likeness (QED) is 0.302. The van der Waals surface area contributed by atoms with E-state index < -0.39 is 0 Å². The smallest absolute Gasteiger partial charge is 0.101 e. The molecule has 0 aromatic rings. The molecular weight excluding hydrogens is 103 g/mol. The lowest BCUT2D eigenvalue weighted by molar-refractivity contribution is 0.365. The molecule has 3 heteroatoms. The van der Waals surface area contributed by atoms with Gasteiger partial charge >= 0.3 is 0 Å². The Balaban J connectivity index is 2.54. The van der Waals surface area contributed by atoms with E-state index in [2.05, 4.69) is 26.6 Å². The molecule has 0 bridgehead atoms. The van der Waals surface area contributed by atoms with Crippen molar-refractivity contribution in [1.82, 2.24) is 0 Å². The molecule has 0 heterocycles. The zero-order chi connectivity index (χ0) is 4.28. The second kappa shape index (κ2) is 2.95. The van der Waals surface area contributed by atoms with Crippen molar-refractivity contribution >= 4 is 22.1 Å². The summed E-state index contributed by atoms with van der Waals surface area (Å²) in [5, 5.41) is 0. The van der Waals surface area contributed by atoms with Crippen molar-refractivity contribution in [2.75, 3.05) is 0 Å². The summed E-state index contributed by atoms with van der Waals surface area (Å²) in [7, 11) is 2.12. The summed E-state index contributed by atoms with van der Waals surface area (Å²) in [6.07, 6.45) is 0. The van der Waals surface area contributed by atoms with E-state index in [-0.39, 0.29) is 5.44 Å². The second-order valence-electron chi connectivity index (χ2n) is 0.735. The third kappa shape index (κ3) is 4.74. The summed E-state index contributed by atoms with van der Waals surface area (Å²) >= 11 is 3.85. The van der Waals surface area contributed by atoms with Crippen LogP contribution in [0.5, 0.6) is 0 Å². The molecule has 0 aliphatic carbocycles. The molecule has 1 nitrogen and oxygen atoms in total. The third-order valence-corrected chi connectivity index (χ3v) is 0.956. The molecule has 0 aromatic heterocycles. The van der Waals surface area contributed by atoms with Gasteiger partial charge in [0.15, 0.2) is 0 Å². The molecule has 2 unspecified atom stereocenters. The predicted molar refractivity (Wildman–Crippen MR) is 29.2 cm³/mol. The standard InChI is InChI=1S/C2H7OPS/c1-2(5)3-4/h2,5H,4H2,1H3. The van der Waals surface area contributed by atoms with Crippen LogP contribution in [0.1, 0.15) is 6.92 Å². The van der Waals surface area contributed by atoms with Crippen LogP contribution in [0.15, 0.2) is 0 Å². The maximum Gasteiger partial charge on any atom is 0.101 e. The molecule has 0 saturated heterocycles. The summed E-state index contributed by atoms with van der Waals surface area (Å²) in [5.74, 6) is 0. The fraction of sp³-hybridized carbons (Fsp3) is 1.00. The van der Waals surface area contributed by atoms with Crippen molar-refractivity contribution in [1.29, 1.82) is 0 Å². The Kier molecular flexibility index (Phi) is 3.39. The number of hydrogen-bond donors (Lipinski definition) is 1. The lowest BCUT2D eigenvalue weighted by atomic mass is 10.9. The molecule has 0 saturated carbocycles. The van der Waals surface area contributed by atoms with E-state index in [0.29, 0.717) is 0 Å². The SMILES string of the molecule is CC(S)OP. The topological polar surface area (TPSA) is 9.23 Å². The molecular formula is C2H7OPS. The van der Waals surface area contributed by atoms with Crippen LogP contribution in [-0.2, 0) is 4.52 Å². The normalized spacial score (nSPS) is 15.0. The van der Waals surface area contributed by atoms with Crippen molar-refractivity contribution in [2.24, 2.45) is 0 Å². The van der Waals surface area contributed by atoms with Crippen LogP contribution in [0, 0.1) is 0 Å². The van der Waals surface area contributed by atoms with Crippen LogP contribution in [0.2, 0.25) is 0 Å². The zero-order valence-electron chi connectivity index (χ0n) is 3.01. The van der Waals surface area contributed by atoms with E-state index in [1.807, 2.05) is 6.92 Å². The first kappa shape index (κ1) is 5.74. The highest BCUT2D eigenvalue weighted by Gasteiger charge is 1.80. The van der Waals surface area contributed by atoms with Crippen LogP contribution in [0.25, 0.3) is 0 Å². The summed E-state index contributed by atoms with van der Waals surface area (Å²) in [5.41, 5.74) is 0.0417. The summed E-state index contributed by atoms with van der Waals surface area (Å²) in [6, 6.07) is 0. The first-order valence-electron chi connectivity index (χ1n) is 1.31. The van der Waals surface area contributed by atoms with E-state index in [4.69, 9.17) is 0 Å². The van der Waals surface area contributed by atoms with Gasteiger partial charge in [-0.05, 0) is 6.92 Å². The summed E-state index contributed by atoms with van der Waals surface area (Å²) in [4.78, 5) is 0. The van der Waals surface area contributed by atoms with Gasteiger partial charge in [-0.1, -0.05) is 0 Å². The fourth-order valence-corrected chi connectivity index (χ4v) is 0. The van der Waals surface area contributed by atoms with Gasteiger partial charge in [-0.15, -0.1) is 12.6 Å². The largest absolute Gasteiger partial charge is 0.352 e. The summed E-state index contributed by atoms with van der Waals surface area (Å²) < 4.78 is 4.53. The zero-order valence-corrected chi connectivity index (χ0v) is 5.06. The molecule has 32 valence electrons. The van der Waals surface area contributed by atoms with Gasteiger partial charge in [0.2, 0.25) is 0 Å². The van der Waals surface area contributed by atoms with Gasteiger partial charge in [0.05, 0.1) is 0 Å². The van der Waals surface area contributed by atoms with Gasteiger partial charge in [0.25, 0.3) is 0 Å². The Morgan fingerprint density at radius 2 is 2.20 bits per heavy atom. The Morgan fingerprint density at radius 3 is 2.20 bits per heavy atom. The Bertz CT molecular complexity index is 23.6. The molecule has 0 spiro atoms. The number of thiol groups is 1. The molecule has 0 aliphatic rings. The van der Waals surface area contributed by atoms with Gasteiger partial charge in [-0.2, -0.15) is 0 Å². The minimum Gasteiger partial charge on any atom is -0.352 e. The molecule has 0 N–H and O–H groups in total. The van der Waals surface area contributed by atoms with E-state index in [1.54, 1.807) is 0 Å². The fourth-order valence-electron chi connectivity index (χ4n) is 0. The highest BCUT2D eigenvalue weighted by atomic mass is 32.1. The predicted octanol–water partition coefficient (Wildman–Crippen LogP) is 1.07.